The number of ether oxygens (including phenoxy) is 2. The lowest BCUT2D eigenvalue weighted by Gasteiger charge is -2.20. The van der Waals surface area contributed by atoms with Crippen LogP contribution in [0.3, 0.4) is 0 Å². The minimum atomic E-state index is -0.818. The third-order valence-corrected chi connectivity index (χ3v) is 3.30. The first-order valence-corrected chi connectivity index (χ1v) is 7.01. The van der Waals surface area contributed by atoms with Crippen molar-refractivity contribution in [3.05, 3.63) is 33.4 Å². The molecule has 0 aliphatic carbocycles. The Kier molecular flexibility index (Phi) is 4.89. The van der Waals surface area contributed by atoms with E-state index in [1.165, 1.54) is 0 Å². The number of hydrogen-bond donors (Lipinski definition) is 1. The summed E-state index contributed by atoms with van der Waals surface area (Å²) in [5.74, 6) is -1.05. The van der Waals surface area contributed by atoms with Gasteiger partial charge in [0.1, 0.15) is 0 Å². The maximum absolute atomic E-state index is 11.7. The van der Waals surface area contributed by atoms with Gasteiger partial charge in [-0.2, -0.15) is 5.10 Å². The smallest absolute Gasteiger partial charge is 0.245 e. The van der Waals surface area contributed by atoms with Crippen molar-refractivity contribution in [2.45, 2.75) is 19.1 Å². The van der Waals surface area contributed by atoms with Crippen molar-refractivity contribution in [2.75, 3.05) is 13.2 Å². The number of rotatable bonds is 4. The predicted octanol–water partition coefficient (Wildman–Crippen LogP) is 1.89. The van der Waals surface area contributed by atoms with Gasteiger partial charge in [-0.15, -0.1) is 0 Å². The van der Waals surface area contributed by atoms with Gasteiger partial charge in [0.05, 0.1) is 25.8 Å². The second-order valence-electron chi connectivity index (χ2n) is 4.36. The number of carbonyl (C=O) groups excluding carboxylic acids is 1. The summed E-state index contributed by atoms with van der Waals surface area (Å²) in [6, 6.07) is 7.82. The minimum absolute atomic E-state index is 0.136. The highest BCUT2D eigenvalue weighted by Gasteiger charge is 2.33. The number of amides is 1. The number of hydrogen-bond acceptors (Lipinski definition) is 4. The van der Waals surface area contributed by atoms with E-state index >= 15 is 0 Å². The highest BCUT2D eigenvalue weighted by molar-refractivity contribution is 14.1. The lowest BCUT2D eigenvalue weighted by molar-refractivity contribution is -0.159. The van der Waals surface area contributed by atoms with Gasteiger partial charge in [0.2, 0.25) is 5.91 Å². The first-order valence-electron chi connectivity index (χ1n) is 5.93. The van der Waals surface area contributed by atoms with Gasteiger partial charge in [-0.1, -0.05) is 12.1 Å². The summed E-state index contributed by atoms with van der Waals surface area (Å²) < 4.78 is 11.8. The first kappa shape index (κ1) is 14.4. The number of nitrogens with zero attached hydrogens (tertiary/aromatic N) is 1. The fourth-order valence-electron chi connectivity index (χ4n) is 1.76. The number of hydrazone groups is 1. The molecule has 1 aliphatic heterocycles. The molecular weight excluding hydrogens is 359 g/mol. The summed E-state index contributed by atoms with van der Waals surface area (Å²) in [6.07, 6.45) is 1.75. The maximum Gasteiger partial charge on any atom is 0.245 e. The van der Waals surface area contributed by atoms with Gasteiger partial charge >= 0.3 is 0 Å². The molecule has 1 amide bonds. The van der Waals surface area contributed by atoms with Crippen LogP contribution in [0.2, 0.25) is 0 Å². The third kappa shape index (κ3) is 4.55. The van der Waals surface area contributed by atoms with Gasteiger partial charge < -0.3 is 9.47 Å². The van der Waals surface area contributed by atoms with E-state index in [9.17, 15) is 4.79 Å². The van der Waals surface area contributed by atoms with Gasteiger partial charge in [-0.05, 0) is 47.2 Å². The van der Waals surface area contributed by atoms with Crippen LogP contribution < -0.4 is 5.43 Å². The third-order valence-electron chi connectivity index (χ3n) is 2.63. The Morgan fingerprint density at radius 1 is 1.53 bits per heavy atom. The van der Waals surface area contributed by atoms with Crippen molar-refractivity contribution < 1.29 is 14.3 Å². The van der Waals surface area contributed by atoms with Gasteiger partial charge in [-0.25, -0.2) is 5.43 Å². The lowest BCUT2D eigenvalue weighted by atomic mass is 10.2. The minimum Gasteiger partial charge on any atom is -0.347 e. The van der Waals surface area contributed by atoms with Crippen LogP contribution in [0.1, 0.15) is 18.9 Å². The fourth-order valence-corrected chi connectivity index (χ4v) is 2.32. The van der Waals surface area contributed by atoms with Crippen LogP contribution in [0.4, 0.5) is 0 Å². The molecule has 0 unspecified atom stereocenters. The van der Waals surface area contributed by atoms with Gasteiger partial charge in [0.15, 0.2) is 5.79 Å². The Hall–Kier alpha value is -0.990. The van der Waals surface area contributed by atoms with E-state index in [-0.39, 0.29) is 12.3 Å². The van der Waals surface area contributed by atoms with Gasteiger partial charge in [-0.3, -0.25) is 4.79 Å². The maximum atomic E-state index is 11.7. The molecule has 5 nitrogen and oxygen atoms in total. The molecule has 19 heavy (non-hydrogen) atoms. The number of halogens is 1. The average molecular weight is 374 g/mol. The van der Waals surface area contributed by atoms with E-state index in [2.05, 4.69) is 33.1 Å². The topological polar surface area (TPSA) is 59.9 Å². The van der Waals surface area contributed by atoms with Crippen molar-refractivity contribution >= 4 is 34.7 Å². The average Bonchev–Trinajstić information content (AvgIpc) is 2.75. The molecule has 0 saturated carbocycles. The summed E-state index contributed by atoms with van der Waals surface area (Å²) in [6.45, 7) is 2.80. The molecule has 1 saturated heterocycles. The van der Waals surface area contributed by atoms with E-state index in [4.69, 9.17) is 9.47 Å². The van der Waals surface area contributed by atoms with Crippen LogP contribution in [0.25, 0.3) is 0 Å². The number of nitrogens with one attached hydrogen (secondary N) is 1. The van der Waals surface area contributed by atoms with E-state index in [1.807, 2.05) is 24.3 Å². The molecule has 1 heterocycles. The predicted molar refractivity (Wildman–Crippen MR) is 79.8 cm³/mol. The molecule has 0 bridgehead atoms. The Bertz CT molecular complexity index is 485. The Morgan fingerprint density at radius 3 is 2.95 bits per heavy atom. The second kappa shape index (κ2) is 6.44. The molecule has 1 aliphatic rings. The summed E-state index contributed by atoms with van der Waals surface area (Å²) >= 11 is 2.22. The monoisotopic (exact) mass is 374 g/mol. The molecular formula is C13H15IN2O3. The van der Waals surface area contributed by atoms with Crippen molar-refractivity contribution in [3.63, 3.8) is 0 Å². The highest BCUT2D eigenvalue weighted by atomic mass is 127. The first-order chi connectivity index (χ1) is 9.07. The summed E-state index contributed by atoms with van der Waals surface area (Å²) in [5.41, 5.74) is 3.41. The van der Waals surface area contributed by atoms with Crippen LogP contribution in [0.5, 0.6) is 0 Å². The molecule has 102 valence electrons. The molecule has 1 fully saturated rings. The van der Waals surface area contributed by atoms with Crippen LogP contribution in [0.15, 0.2) is 29.4 Å². The fraction of sp³-hybridized carbons (Fsp3) is 0.385. The summed E-state index contributed by atoms with van der Waals surface area (Å²) in [7, 11) is 0. The molecule has 1 aromatic rings. The number of carbonyl (C=O) groups is 1. The molecule has 0 radical (unpaired) electrons. The molecule has 2 rings (SSSR count). The van der Waals surface area contributed by atoms with Crippen LogP contribution in [0, 0.1) is 3.57 Å². The van der Waals surface area contributed by atoms with Crippen molar-refractivity contribution in [3.8, 4) is 0 Å². The zero-order valence-corrected chi connectivity index (χ0v) is 12.7. The standard InChI is InChI=1S/C13H15IN2O3/c1-13(18-5-6-19-13)8-12(17)16-15-9-10-3-2-4-11(14)7-10/h2-4,7,9H,5-6,8H2,1H3,(H,16,17)/b15-9-. The van der Waals surface area contributed by atoms with Crippen molar-refractivity contribution in [2.24, 2.45) is 5.10 Å². The summed E-state index contributed by atoms with van der Waals surface area (Å²) in [5, 5.41) is 3.92. The van der Waals surface area contributed by atoms with Crippen molar-refractivity contribution in [1.82, 2.24) is 5.43 Å². The summed E-state index contributed by atoms with van der Waals surface area (Å²) in [4.78, 5) is 11.7. The molecule has 6 heteroatoms. The van der Waals surface area contributed by atoms with Crippen LogP contribution >= 0.6 is 22.6 Å². The SMILES string of the molecule is CC1(CC(=O)N/N=C\c2cccc(I)c2)OCCO1. The number of benzene rings is 1. The zero-order valence-electron chi connectivity index (χ0n) is 10.6. The van der Waals surface area contributed by atoms with Crippen LogP contribution in [-0.4, -0.2) is 31.1 Å². The van der Waals surface area contributed by atoms with Crippen LogP contribution in [-0.2, 0) is 14.3 Å². The Morgan fingerprint density at radius 2 is 2.26 bits per heavy atom. The molecule has 0 aromatic heterocycles. The largest absolute Gasteiger partial charge is 0.347 e. The van der Waals surface area contributed by atoms with Gasteiger partial charge in [0, 0.05) is 3.57 Å². The van der Waals surface area contributed by atoms with E-state index in [1.54, 1.807) is 13.1 Å². The van der Waals surface area contributed by atoms with Crippen molar-refractivity contribution in [1.29, 1.82) is 0 Å². The zero-order chi connectivity index (χ0) is 13.7. The molecule has 1 N–H and O–H groups in total. The Labute approximate surface area is 125 Å². The molecule has 0 atom stereocenters. The quantitative estimate of drug-likeness (QED) is 0.498. The van der Waals surface area contributed by atoms with E-state index in [0.29, 0.717) is 13.2 Å². The van der Waals surface area contributed by atoms with E-state index in [0.717, 1.165) is 9.13 Å². The highest BCUT2D eigenvalue weighted by Crippen LogP contribution is 2.22. The molecule has 0 spiro atoms. The van der Waals surface area contributed by atoms with E-state index < -0.39 is 5.79 Å². The lowest BCUT2D eigenvalue weighted by Crippen LogP contribution is -2.33. The van der Waals surface area contributed by atoms with Gasteiger partial charge in [0.25, 0.3) is 0 Å². The molecule has 1 aromatic carbocycles. The second-order valence-corrected chi connectivity index (χ2v) is 5.60. The normalized spacial score (nSPS) is 17.8. The Balaban J connectivity index is 1.83.